The summed E-state index contributed by atoms with van der Waals surface area (Å²) in [5, 5.41) is 10.1. The van der Waals surface area contributed by atoms with Crippen LogP contribution in [0.5, 0.6) is 0 Å². The molecule has 136 valence electrons. The first-order valence-electron chi connectivity index (χ1n) is 8.37. The zero-order valence-corrected chi connectivity index (χ0v) is 14.8. The highest BCUT2D eigenvalue weighted by atomic mass is 16.5. The number of rotatable bonds is 6. The topological polar surface area (TPSA) is 89.2 Å². The van der Waals surface area contributed by atoms with Gasteiger partial charge in [-0.2, -0.15) is 5.10 Å². The molecule has 3 rings (SSSR count). The molecule has 0 unspecified atom stereocenters. The minimum absolute atomic E-state index is 0.114. The Morgan fingerprint density at radius 2 is 2.28 bits per heavy atom. The Bertz CT molecular complexity index is 709. The van der Waals surface area contributed by atoms with E-state index in [1.807, 2.05) is 42.8 Å². The van der Waals surface area contributed by atoms with E-state index in [0.29, 0.717) is 12.4 Å². The summed E-state index contributed by atoms with van der Waals surface area (Å²) >= 11 is 0. The maximum atomic E-state index is 12.3. The highest BCUT2D eigenvalue weighted by molar-refractivity contribution is 5.88. The fourth-order valence-electron chi connectivity index (χ4n) is 2.82. The van der Waals surface area contributed by atoms with Gasteiger partial charge in [-0.3, -0.25) is 10.00 Å². The summed E-state index contributed by atoms with van der Waals surface area (Å²) in [6.45, 7) is 2.26. The van der Waals surface area contributed by atoms with E-state index in [1.54, 1.807) is 12.3 Å². The molecule has 0 bridgehead atoms. The van der Waals surface area contributed by atoms with Gasteiger partial charge in [-0.1, -0.05) is 0 Å². The lowest BCUT2D eigenvalue weighted by Gasteiger charge is -2.19. The lowest BCUT2D eigenvalue weighted by Crippen LogP contribution is -2.40. The molecule has 0 spiro atoms. The van der Waals surface area contributed by atoms with Crippen LogP contribution in [0.4, 0.5) is 10.6 Å². The fourth-order valence-corrected chi connectivity index (χ4v) is 2.82. The standard InChI is InChI=1S/C16H25N7O2/c1-21(2)9-10-23-7-4-13(20-23)19-16(24)18-12-5-11-25-14(12)15-17-6-8-22(15)3/h4,6-8,12,14H,5,9-11H2,1-3H3,(H2,18,19,20,24)/t12-,14-/m1/s1. The average molecular weight is 347 g/mol. The number of anilines is 1. The van der Waals surface area contributed by atoms with E-state index in [-0.39, 0.29) is 18.2 Å². The third kappa shape index (κ3) is 4.37. The minimum Gasteiger partial charge on any atom is -0.368 e. The number of nitrogens with zero attached hydrogens (tertiary/aromatic N) is 5. The quantitative estimate of drug-likeness (QED) is 0.808. The summed E-state index contributed by atoms with van der Waals surface area (Å²) in [6.07, 6.45) is 5.98. The van der Waals surface area contributed by atoms with Gasteiger partial charge >= 0.3 is 6.03 Å². The molecule has 2 amide bonds. The second kappa shape index (κ2) is 7.66. The van der Waals surface area contributed by atoms with Crippen molar-refractivity contribution >= 4 is 11.8 Å². The Labute approximate surface area is 147 Å². The zero-order valence-electron chi connectivity index (χ0n) is 14.8. The van der Waals surface area contributed by atoms with Gasteiger partial charge in [0, 0.05) is 44.9 Å². The van der Waals surface area contributed by atoms with Gasteiger partial charge in [-0.15, -0.1) is 0 Å². The van der Waals surface area contributed by atoms with Gasteiger partial charge < -0.3 is 19.5 Å². The van der Waals surface area contributed by atoms with Crippen molar-refractivity contribution in [2.45, 2.75) is 25.1 Å². The van der Waals surface area contributed by atoms with Crippen LogP contribution >= 0.6 is 0 Å². The van der Waals surface area contributed by atoms with Crippen LogP contribution in [0.3, 0.4) is 0 Å². The van der Waals surface area contributed by atoms with Gasteiger partial charge in [0.25, 0.3) is 0 Å². The first kappa shape index (κ1) is 17.4. The number of amides is 2. The summed E-state index contributed by atoms with van der Waals surface area (Å²) in [5.41, 5.74) is 0. The van der Waals surface area contributed by atoms with Crippen molar-refractivity contribution in [3.05, 3.63) is 30.5 Å². The van der Waals surface area contributed by atoms with Gasteiger partial charge in [0.2, 0.25) is 0 Å². The van der Waals surface area contributed by atoms with Gasteiger partial charge in [0.15, 0.2) is 5.82 Å². The molecule has 1 fully saturated rings. The van der Waals surface area contributed by atoms with Gasteiger partial charge in [0.05, 0.1) is 12.6 Å². The Balaban J connectivity index is 1.54. The summed E-state index contributed by atoms with van der Waals surface area (Å²) in [7, 11) is 5.94. The number of aromatic nitrogens is 4. The molecule has 9 heteroatoms. The predicted molar refractivity (Wildman–Crippen MR) is 93.2 cm³/mol. The zero-order chi connectivity index (χ0) is 17.8. The van der Waals surface area contributed by atoms with E-state index in [0.717, 1.165) is 25.3 Å². The number of carbonyl (C=O) groups excluding carboxylic acids is 1. The van der Waals surface area contributed by atoms with E-state index < -0.39 is 0 Å². The molecule has 2 aromatic heterocycles. The highest BCUT2D eigenvalue weighted by Crippen LogP contribution is 2.27. The van der Waals surface area contributed by atoms with E-state index in [2.05, 4.69) is 25.6 Å². The molecule has 0 aliphatic carbocycles. The van der Waals surface area contributed by atoms with Crippen molar-refractivity contribution in [2.24, 2.45) is 7.05 Å². The number of ether oxygens (including phenoxy) is 1. The Morgan fingerprint density at radius 1 is 1.44 bits per heavy atom. The van der Waals surface area contributed by atoms with Crippen LogP contribution in [-0.2, 0) is 18.3 Å². The Morgan fingerprint density at radius 3 is 3.00 bits per heavy atom. The monoisotopic (exact) mass is 347 g/mol. The van der Waals surface area contributed by atoms with Crippen molar-refractivity contribution < 1.29 is 9.53 Å². The predicted octanol–water partition coefficient (Wildman–Crippen LogP) is 0.830. The van der Waals surface area contributed by atoms with Crippen molar-refractivity contribution in [3.63, 3.8) is 0 Å². The van der Waals surface area contributed by atoms with E-state index in [4.69, 9.17) is 4.74 Å². The van der Waals surface area contributed by atoms with E-state index in [1.165, 1.54) is 0 Å². The molecule has 0 saturated carbocycles. The first-order chi connectivity index (χ1) is 12.0. The third-order valence-corrected chi connectivity index (χ3v) is 4.18. The summed E-state index contributed by atoms with van der Waals surface area (Å²) < 4.78 is 9.47. The molecular formula is C16H25N7O2. The van der Waals surface area contributed by atoms with Crippen molar-refractivity contribution in [1.29, 1.82) is 0 Å². The fraction of sp³-hybridized carbons (Fsp3) is 0.562. The number of likely N-dealkylation sites (N-methyl/N-ethyl adjacent to an activating group) is 1. The van der Waals surface area contributed by atoms with Crippen LogP contribution in [0.2, 0.25) is 0 Å². The number of hydrogen-bond donors (Lipinski definition) is 2. The Kier molecular flexibility index (Phi) is 5.34. The summed E-state index contributed by atoms with van der Waals surface area (Å²) in [5.74, 6) is 1.35. The molecule has 2 N–H and O–H groups in total. The molecule has 1 saturated heterocycles. The minimum atomic E-state index is -0.285. The number of hydrogen-bond acceptors (Lipinski definition) is 5. The molecule has 0 radical (unpaired) electrons. The van der Waals surface area contributed by atoms with Gasteiger partial charge in [0.1, 0.15) is 11.9 Å². The van der Waals surface area contributed by atoms with Gasteiger partial charge in [-0.25, -0.2) is 9.78 Å². The van der Waals surface area contributed by atoms with Gasteiger partial charge in [-0.05, 0) is 20.5 Å². The maximum absolute atomic E-state index is 12.3. The van der Waals surface area contributed by atoms with Crippen LogP contribution in [0.25, 0.3) is 0 Å². The molecular weight excluding hydrogens is 322 g/mol. The molecule has 2 atom stereocenters. The molecule has 1 aliphatic heterocycles. The number of nitrogens with one attached hydrogen (secondary N) is 2. The number of imidazole rings is 1. The first-order valence-corrected chi connectivity index (χ1v) is 8.37. The molecule has 0 aromatic carbocycles. The number of carbonyl (C=O) groups is 1. The number of aryl methyl sites for hydroxylation is 1. The van der Waals surface area contributed by atoms with Crippen LogP contribution in [0.15, 0.2) is 24.7 Å². The van der Waals surface area contributed by atoms with Crippen LogP contribution in [0, 0.1) is 0 Å². The lowest BCUT2D eigenvalue weighted by atomic mass is 10.1. The van der Waals surface area contributed by atoms with Crippen LogP contribution in [0.1, 0.15) is 18.3 Å². The molecule has 3 heterocycles. The second-order valence-corrected chi connectivity index (χ2v) is 6.45. The summed E-state index contributed by atoms with van der Waals surface area (Å²) in [4.78, 5) is 18.7. The second-order valence-electron chi connectivity index (χ2n) is 6.45. The molecule has 2 aromatic rings. The van der Waals surface area contributed by atoms with Crippen LogP contribution < -0.4 is 10.6 Å². The van der Waals surface area contributed by atoms with Crippen molar-refractivity contribution in [1.82, 2.24) is 29.5 Å². The SMILES string of the molecule is CN(C)CCn1ccc(NC(=O)N[C@@H]2CCO[C@H]2c2nccn2C)n1. The molecule has 25 heavy (non-hydrogen) atoms. The Hall–Kier alpha value is -2.39. The van der Waals surface area contributed by atoms with Crippen molar-refractivity contribution in [3.8, 4) is 0 Å². The van der Waals surface area contributed by atoms with E-state index >= 15 is 0 Å². The highest BCUT2D eigenvalue weighted by Gasteiger charge is 2.33. The largest absolute Gasteiger partial charge is 0.368 e. The van der Waals surface area contributed by atoms with E-state index in [9.17, 15) is 4.79 Å². The molecule has 1 aliphatic rings. The maximum Gasteiger partial charge on any atom is 0.320 e. The van der Waals surface area contributed by atoms with Crippen molar-refractivity contribution in [2.75, 3.05) is 32.6 Å². The smallest absolute Gasteiger partial charge is 0.320 e. The number of urea groups is 1. The molecule has 9 nitrogen and oxygen atoms in total. The summed E-state index contributed by atoms with van der Waals surface area (Å²) in [6, 6.07) is 1.39. The van der Waals surface area contributed by atoms with Crippen LogP contribution in [-0.4, -0.2) is 63.6 Å². The normalized spacial score (nSPS) is 20.2. The lowest BCUT2D eigenvalue weighted by molar-refractivity contribution is 0.0913. The third-order valence-electron chi connectivity index (χ3n) is 4.18. The average Bonchev–Trinajstić information content (AvgIpc) is 3.27.